The maximum absolute atomic E-state index is 13.8. The van der Waals surface area contributed by atoms with Crippen LogP contribution in [0.15, 0.2) is 192 Å². The molecule has 0 spiro atoms. The van der Waals surface area contributed by atoms with Crippen molar-refractivity contribution in [3.05, 3.63) is 248 Å². The number of hydrogen-bond donors (Lipinski definition) is 3. The van der Waals surface area contributed by atoms with Gasteiger partial charge in [-0.1, -0.05) is 137 Å². The third-order valence-electron chi connectivity index (χ3n) is 13.8. The van der Waals surface area contributed by atoms with Gasteiger partial charge in [-0.2, -0.15) is 0 Å². The van der Waals surface area contributed by atoms with Crippen molar-refractivity contribution in [2.45, 2.75) is 118 Å². The number of rotatable bonds is 21. The van der Waals surface area contributed by atoms with E-state index in [1.807, 2.05) is 145 Å². The van der Waals surface area contributed by atoms with Crippen molar-refractivity contribution < 1.29 is 33.8 Å². The number of carboxylic acid groups (broad SMARTS) is 1. The first-order valence-corrected chi connectivity index (χ1v) is 27.8. The first-order valence-electron chi connectivity index (χ1n) is 27.8. The Labute approximate surface area is 498 Å². The number of hydrogen-bond acceptors (Lipinski definition) is 11. The summed E-state index contributed by atoms with van der Waals surface area (Å²) in [5, 5.41) is 12.1. The summed E-state index contributed by atoms with van der Waals surface area (Å²) >= 11 is 0. The van der Waals surface area contributed by atoms with Gasteiger partial charge < -0.3 is 34.8 Å². The molecule has 3 unspecified atom stereocenters. The Hall–Kier alpha value is -8.79. The van der Waals surface area contributed by atoms with Gasteiger partial charge >= 0.3 is 17.9 Å². The first kappa shape index (κ1) is 66.0. The number of benzene rings is 4. The van der Waals surface area contributed by atoms with Crippen LogP contribution in [0.25, 0.3) is 22.3 Å². The molecule has 4 aromatic carbocycles. The number of carboxylic acids is 1. The number of halogens is 1. The maximum Gasteiger partial charge on any atom is 0.326 e. The Morgan fingerprint density at radius 3 is 1.38 bits per heavy atom. The van der Waals surface area contributed by atoms with Crippen LogP contribution in [0, 0.1) is 39.5 Å². The van der Waals surface area contributed by atoms with Gasteiger partial charge in [-0.05, 0) is 132 Å². The molecule has 1 amide bonds. The van der Waals surface area contributed by atoms with E-state index in [0.29, 0.717) is 18.4 Å². The van der Waals surface area contributed by atoms with Crippen LogP contribution in [0.3, 0.4) is 0 Å². The third-order valence-corrected chi connectivity index (χ3v) is 13.8. The number of nitrogens with zero attached hydrogens (tertiary/aromatic N) is 4. The van der Waals surface area contributed by atoms with Crippen molar-refractivity contribution in [3.63, 3.8) is 0 Å². The van der Waals surface area contributed by atoms with Crippen molar-refractivity contribution in [1.29, 1.82) is 0 Å². The second kappa shape index (κ2) is 32.7. The molecule has 16 heteroatoms. The highest BCUT2D eigenvalue weighted by Crippen LogP contribution is 2.31. The minimum Gasteiger partial charge on any atom is -0.480 e. The second-order valence-electron chi connectivity index (χ2n) is 21.4. The summed E-state index contributed by atoms with van der Waals surface area (Å²) in [6.07, 6.45) is 11.1. The number of amides is 1. The highest BCUT2D eigenvalue weighted by Gasteiger charge is 2.28. The molecular weight excluding hydrogens is 1080 g/mol. The van der Waals surface area contributed by atoms with Gasteiger partial charge in [-0.3, -0.25) is 33.9 Å². The van der Waals surface area contributed by atoms with Crippen LogP contribution in [0.2, 0.25) is 0 Å². The molecular formula is C68H77ClN6O9. The van der Waals surface area contributed by atoms with Crippen molar-refractivity contribution in [2.75, 3.05) is 0 Å². The monoisotopic (exact) mass is 1160 g/mol. The van der Waals surface area contributed by atoms with Gasteiger partial charge in [0.25, 0.3) is 11.1 Å². The third kappa shape index (κ3) is 19.7. The Morgan fingerprint density at radius 2 is 0.940 bits per heavy atom. The molecule has 0 aliphatic carbocycles. The fraction of sp³-hybridized carbons (Fsp3) is 0.294. The zero-order valence-corrected chi connectivity index (χ0v) is 49.8. The van der Waals surface area contributed by atoms with Crippen molar-refractivity contribution >= 4 is 36.2 Å². The van der Waals surface area contributed by atoms with E-state index < -0.39 is 36.1 Å². The predicted molar refractivity (Wildman–Crippen MR) is 331 cm³/mol. The van der Waals surface area contributed by atoms with Crippen LogP contribution < -0.4 is 22.2 Å². The van der Waals surface area contributed by atoms with Crippen LogP contribution in [-0.2, 0) is 41.9 Å². The van der Waals surface area contributed by atoms with Gasteiger partial charge in [0.1, 0.15) is 25.3 Å². The zero-order chi connectivity index (χ0) is 60.0. The van der Waals surface area contributed by atoms with Gasteiger partial charge in [0.15, 0.2) is 0 Å². The van der Waals surface area contributed by atoms with Crippen LogP contribution in [0.4, 0.5) is 0 Å². The van der Waals surface area contributed by atoms with E-state index in [2.05, 4.69) is 41.3 Å². The first-order chi connectivity index (χ1) is 39.8. The molecule has 15 nitrogen and oxygen atoms in total. The molecule has 4 aromatic heterocycles. The number of carbonyl (C=O) groups excluding carboxylic acids is 3. The van der Waals surface area contributed by atoms with Crippen molar-refractivity contribution in [1.82, 2.24) is 24.4 Å². The van der Waals surface area contributed by atoms with E-state index in [1.165, 1.54) is 38.6 Å². The minimum absolute atomic E-state index is 0. The van der Waals surface area contributed by atoms with E-state index in [4.69, 9.17) is 20.3 Å². The standard InChI is InChI=1S/C34H37N3O4.C23H24N2O2.C11H15NO3.ClH/c1-23(2)17-30(37-16-9-8-15-31(37)38)34(40)36-29(19-32(39)41-22-26-13-6-5-7-14-26)27-18-28(21-35-20-27)33-24(3)11-10-12-25(33)4;1-16-7-6-8-17(2)23(16)20-11-19(13-25-14-20)21(24)12-22(26)27-15-18-9-4-3-5-10-18;1-8(2)7-9(11(14)15)12-6-4-3-5-10(12)13;/h5-16,18,20-21,23,29-30H,17,19,22H2,1-4H3,(H,36,40);3-11,13-14,21H,12,15,24H2,1-2H3;3-6,8-9H,7H2,1-2H3,(H,14,15);1H/t;;9-;/m..0./s1. The molecule has 0 saturated carbocycles. The largest absolute Gasteiger partial charge is 0.480 e. The van der Waals surface area contributed by atoms with Crippen molar-refractivity contribution in [3.8, 4) is 22.3 Å². The van der Waals surface area contributed by atoms with Crippen LogP contribution in [-0.4, -0.2) is 48.0 Å². The molecule has 0 radical (unpaired) electrons. The molecule has 4 atom stereocenters. The number of esters is 2. The molecule has 84 heavy (non-hydrogen) atoms. The van der Waals surface area contributed by atoms with Gasteiger partial charge in [-0.25, -0.2) is 4.79 Å². The van der Waals surface area contributed by atoms with E-state index in [9.17, 15) is 28.8 Å². The number of carbonyl (C=O) groups is 4. The topological polar surface area (TPSA) is 215 Å². The number of nitrogens with two attached hydrogens (primary N) is 1. The molecule has 0 bridgehead atoms. The maximum atomic E-state index is 13.8. The summed E-state index contributed by atoms with van der Waals surface area (Å²) in [4.78, 5) is 83.0. The van der Waals surface area contributed by atoms with Gasteiger partial charge in [0.05, 0.1) is 18.9 Å². The number of aromatic nitrogens is 4. The Bertz CT molecular complexity index is 3510. The normalized spacial score (nSPS) is 12.2. The molecule has 0 saturated heterocycles. The molecule has 8 rings (SSSR count). The fourth-order valence-electron chi connectivity index (χ4n) is 9.67. The molecule has 0 aliphatic rings. The summed E-state index contributed by atoms with van der Waals surface area (Å²) < 4.78 is 13.6. The fourth-order valence-corrected chi connectivity index (χ4v) is 9.67. The van der Waals surface area contributed by atoms with Gasteiger partial charge in [0.2, 0.25) is 5.91 Å². The van der Waals surface area contributed by atoms with Crippen LogP contribution in [0.1, 0.15) is 122 Å². The highest BCUT2D eigenvalue weighted by atomic mass is 35.5. The van der Waals surface area contributed by atoms with Gasteiger partial charge in [0, 0.05) is 66.5 Å². The lowest BCUT2D eigenvalue weighted by atomic mass is 9.94. The molecule has 4 N–H and O–H groups in total. The minimum atomic E-state index is -0.961. The smallest absolute Gasteiger partial charge is 0.326 e. The molecule has 0 fully saturated rings. The van der Waals surface area contributed by atoms with Crippen molar-refractivity contribution in [2.24, 2.45) is 17.6 Å². The summed E-state index contributed by atoms with van der Waals surface area (Å²) in [5.41, 5.74) is 17.8. The summed E-state index contributed by atoms with van der Waals surface area (Å²) in [5.74, 6) is -1.68. The lowest BCUT2D eigenvalue weighted by molar-refractivity contribution is -0.146. The molecule has 0 aliphatic heterocycles. The predicted octanol–water partition coefficient (Wildman–Crippen LogP) is 12.5. The summed E-state index contributed by atoms with van der Waals surface area (Å²) in [7, 11) is 0. The average molecular weight is 1160 g/mol. The van der Waals surface area contributed by atoms with E-state index in [1.54, 1.807) is 49.1 Å². The van der Waals surface area contributed by atoms with E-state index >= 15 is 0 Å². The number of aryl methyl sites for hydroxylation is 4. The molecule has 440 valence electrons. The number of ether oxygens (including phenoxy) is 2. The summed E-state index contributed by atoms with van der Waals surface area (Å²) in [6.45, 7) is 16.5. The quantitative estimate of drug-likeness (QED) is 0.0573. The lowest BCUT2D eigenvalue weighted by Gasteiger charge is -2.25. The SMILES string of the molecule is CC(C)C[C@@H](C(=O)O)n1ccccc1=O.Cc1cccc(C)c1-c1cncc(C(CC(=O)OCc2ccccc2)NC(=O)C(CC(C)C)n2ccccc2=O)c1.Cc1cccc(C)c1-c1cncc(C(N)CC(=O)OCc2ccccc2)c1.Cl. The zero-order valence-electron chi connectivity index (χ0n) is 49.0. The number of pyridine rings is 4. The Morgan fingerprint density at radius 1 is 0.536 bits per heavy atom. The molecule has 4 heterocycles. The Balaban J connectivity index is 0.000000257. The summed E-state index contributed by atoms with van der Waals surface area (Å²) in [6, 6.07) is 42.1. The van der Waals surface area contributed by atoms with E-state index in [-0.39, 0.29) is 73.3 Å². The van der Waals surface area contributed by atoms with Crippen LogP contribution in [0.5, 0.6) is 0 Å². The average Bonchev–Trinajstić information content (AvgIpc) is 3.64. The molecule has 8 aromatic rings. The number of aliphatic carboxylic acids is 1. The van der Waals surface area contributed by atoms with Crippen LogP contribution >= 0.6 is 12.4 Å². The number of nitrogens with one attached hydrogen (secondary N) is 1. The van der Waals surface area contributed by atoms with E-state index in [0.717, 1.165) is 50.1 Å². The lowest BCUT2D eigenvalue weighted by Crippen LogP contribution is -2.40. The second-order valence-corrected chi connectivity index (χ2v) is 21.4. The Kier molecular flexibility index (Phi) is 25.7. The highest BCUT2D eigenvalue weighted by molar-refractivity contribution is 5.85. The van der Waals surface area contributed by atoms with Gasteiger partial charge in [-0.15, -0.1) is 12.4 Å².